The fourth-order valence-corrected chi connectivity index (χ4v) is 3.71. The molecule has 1 atom stereocenters. The van der Waals surface area contributed by atoms with Crippen molar-refractivity contribution in [1.29, 1.82) is 0 Å². The Hall–Kier alpha value is -2.37. The van der Waals surface area contributed by atoms with Crippen LogP contribution in [0, 0.1) is 0 Å². The lowest BCUT2D eigenvalue weighted by Crippen LogP contribution is -2.28. The van der Waals surface area contributed by atoms with E-state index in [0.717, 1.165) is 22.0 Å². The van der Waals surface area contributed by atoms with Crippen LogP contribution >= 0.6 is 11.8 Å². The first kappa shape index (κ1) is 18.4. The van der Waals surface area contributed by atoms with E-state index in [-0.39, 0.29) is 11.6 Å². The Bertz CT molecular complexity index is 951. The van der Waals surface area contributed by atoms with Crippen LogP contribution in [0.1, 0.15) is 18.5 Å². The number of para-hydroxylation sites is 1. The highest BCUT2D eigenvalue weighted by Crippen LogP contribution is 2.21. The number of ether oxygens (including phenoxy) is 1. The van der Waals surface area contributed by atoms with Gasteiger partial charge in [0.2, 0.25) is 0 Å². The van der Waals surface area contributed by atoms with Gasteiger partial charge in [-0.2, -0.15) is 0 Å². The topological polar surface area (TPSA) is 44.1 Å². The Morgan fingerprint density at radius 2 is 1.88 bits per heavy atom. The van der Waals surface area contributed by atoms with E-state index in [1.54, 1.807) is 23.4 Å². The van der Waals surface area contributed by atoms with Gasteiger partial charge in [-0.15, -0.1) is 0 Å². The zero-order valence-corrected chi connectivity index (χ0v) is 15.8. The summed E-state index contributed by atoms with van der Waals surface area (Å²) in [6.45, 7) is 2.44. The van der Waals surface area contributed by atoms with Gasteiger partial charge in [-0.25, -0.2) is 4.98 Å². The molecule has 0 N–H and O–H groups in total. The molecule has 0 fully saturated rings. The van der Waals surface area contributed by atoms with Crippen LogP contribution < -0.4 is 5.56 Å². The lowest BCUT2D eigenvalue weighted by molar-refractivity contribution is 0.156. The van der Waals surface area contributed by atoms with Gasteiger partial charge in [-0.05, 0) is 24.6 Å². The number of methoxy groups -OCH3 is 1. The molecule has 3 rings (SSSR count). The standard InChI is InChI=1S/C21H22N2O2S/c1-16(15-25-2)23-20(24)18-12-6-7-13-19(18)22-21(23)26-14-8-11-17-9-4-3-5-10-17/h3-13,16H,14-15H2,1-2H3. The summed E-state index contributed by atoms with van der Waals surface area (Å²) in [4.78, 5) is 17.7. The van der Waals surface area contributed by atoms with Crippen molar-refractivity contribution < 1.29 is 4.74 Å². The van der Waals surface area contributed by atoms with E-state index in [4.69, 9.17) is 9.72 Å². The Morgan fingerprint density at radius 1 is 1.15 bits per heavy atom. The second kappa shape index (κ2) is 8.83. The molecule has 4 nitrogen and oxygen atoms in total. The molecule has 0 saturated carbocycles. The number of benzene rings is 2. The molecule has 0 aliphatic rings. The number of fused-ring (bicyclic) bond motifs is 1. The molecular formula is C21H22N2O2S. The van der Waals surface area contributed by atoms with E-state index in [0.29, 0.717) is 12.0 Å². The van der Waals surface area contributed by atoms with Gasteiger partial charge in [-0.1, -0.05) is 66.4 Å². The monoisotopic (exact) mass is 366 g/mol. The maximum absolute atomic E-state index is 13.0. The lowest BCUT2D eigenvalue weighted by atomic mass is 10.2. The fraction of sp³-hybridized carbons (Fsp3) is 0.238. The molecule has 0 aliphatic heterocycles. The van der Waals surface area contributed by atoms with Crippen molar-refractivity contribution in [3.63, 3.8) is 0 Å². The molecule has 0 saturated heterocycles. The smallest absolute Gasteiger partial charge is 0.262 e. The predicted molar refractivity (Wildman–Crippen MR) is 109 cm³/mol. The van der Waals surface area contributed by atoms with Gasteiger partial charge in [0.25, 0.3) is 5.56 Å². The van der Waals surface area contributed by atoms with Crippen LogP contribution in [0.25, 0.3) is 17.0 Å². The molecule has 26 heavy (non-hydrogen) atoms. The zero-order valence-electron chi connectivity index (χ0n) is 15.0. The minimum Gasteiger partial charge on any atom is -0.383 e. The first-order valence-corrected chi connectivity index (χ1v) is 9.54. The van der Waals surface area contributed by atoms with Crippen molar-refractivity contribution in [2.24, 2.45) is 0 Å². The Balaban J connectivity index is 1.89. The van der Waals surface area contributed by atoms with Crippen molar-refractivity contribution in [2.75, 3.05) is 19.5 Å². The number of nitrogens with zero attached hydrogens (tertiary/aromatic N) is 2. The van der Waals surface area contributed by atoms with Crippen LogP contribution in [-0.2, 0) is 4.74 Å². The molecule has 0 radical (unpaired) electrons. The molecule has 0 aliphatic carbocycles. The SMILES string of the molecule is COCC(C)n1c(SCC=Cc2ccccc2)nc2ccccc2c1=O. The molecule has 0 spiro atoms. The van der Waals surface area contributed by atoms with Gasteiger partial charge in [0, 0.05) is 12.9 Å². The largest absolute Gasteiger partial charge is 0.383 e. The molecule has 0 bridgehead atoms. The summed E-state index contributed by atoms with van der Waals surface area (Å²) in [5.41, 5.74) is 1.87. The summed E-state index contributed by atoms with van der Waals surface area (Å²) in [6.07, 6.45) is 4.17. The van der Waals surface area contributed by atoms with E-state index < -0.39 is 0 Å². The maximum Gasteiger partial charge on any atom is 0.262 e. The summed E-state index contributed by atoms with van der Waals surface area (Å²) >= 11 is 1.56. The van der Waals surface area contributed by atoms with Crippen LogP contribution in [0.3, 0.4) is 0 Å². The highest BCUT2D eigenvalue weighted by molar-refractivity contribution is 7.99. The minimum absolute atomic E-state index is 0.0188. The Labute approximate surface area is 157 Å². The van der Waals surface area contributed by atoms with Crippen LogP contribution in [0.5, 0.6) is 0 Å². The van der Waals surface area contributed by atoms with E-state index >= 15 is 0 Å². The maximum atomic E-state index is 13.0. The van der Waals surface area contributed by atoms with E-state index in [1.807, 2.05) is 49.4 Å². The summed E-state index contributed by atoms with van der Waals surface area (Å²) in [5, 5.41) is 1.36. The zero-order chi connectivity index (χ0) is 18.4. The third-order valence-corrected chi connectivity index (χ3v) is 4.95. The molecular weight excluding hydrogens is 344 g/mol. The first-order chi connectivity index (χ1) is 12.7. The average molecular weight is 366 g/mol. The number of hydrogen-bond acceptors (Lipinski definition) is 4. The molecule has 134 valence electrons. The lowest BCUT2D eigenvalue weighted by Gasteiger charge is -2.18. The molecule has 0 amide bonds. The number of aromatic nitrogens is 2. The molecule has 2 aromatic carbocycles. The van der Waals surface area contributed by atoms with Crippen LogP contribution in [0.2, 0.25) is 0 Å². The number of thioether (sulfide) groups is 1. The summed E-state index contributed by atoms with van der Waals surface area (Å²) in [7, 11) is 1.64. The van der Waals surface area contributed by atoms with E-state index in [2.05, 4.69) is 24.3 Å². The third kappa shape index (κ3) is 4.23. The van der Waals surface area contributed by atoms with Crippen molar-refractivity contribution in [3.8, 4) is 0 Å². The van der Waals surface area contributed by atoms with E-state index in [9.17, 15) is 4.79 Å². The highest BCUT2D eigenvalue weighted by Gasteiger charge is 2.16. The van der Waals surface area contributed by atoms with Crippen molar-refractivity contribution in [1.82, 2.24) is 9.55 Å². The van der Waals surface area contributed by atoms with Gasteiger partial charge in [0.15, 0.2) is 5.16 Å². The summed E-state index contributed by atoms with van der Waals surface area (Å²) in [6, 6.07) is 17.6. The van der Waals surface area contributed by atoms with Crippen LogP contribution in [0.4, 0.5) is 0 Å². The Morgan fingerprint density at radius 3 is 2.65 bits per heavy atom. The molecule has 1 aromatic heterocycles. The fourth-order valence-electron chi connectivity index (χ4n) is 2.80. The molecule has 1 heterocycles. The van der Waals surface area contributed by atoms with Gasteiger partial charge in [-0.3, -0.25) is 9.36 Å². The van der Waals surface area contributed by atoms with Crippen molar-refractivity contribution >= 4 is 28.7 Å². The summed E-state index contributed by atoms with van der Waals surface area (Å²) < 4.78 is 7.00. The molecule has 3 aromatic rings. The number of hydrogen-bond donors (Lipinski definition) is 0. The first-order valence-electron chi connectivity index (χ1n) is 8.55. The van der Waals surface area contributed by atoms with Crippen LogP contribution in [0.15, 0.2) is 70.6 Å². The quantitative estimate of drug-likeness (QED) is 0.459. The molecule has 1 unspecified atom stereocenters. The average Bonchev–Trinajstić information content (AvgIpc) is 2.66. The minimum atomic E-state index is -0.0785. The number of rotatable bonds is 7. The van der Waals surface area contributed by atoms with Gasteiger partial charge >= 0.3 is 0 Å². The predicted octanol–water partition coefficient (Wildman–Crippen LogP) is 4.41. The Kier molecular flexibility index (Phi) is 6.26. The molecule has 5 heteroatoms. The van der Waals surface area contributed by atoms with E-state index in [1.165, 1.54) is 0 Å². The third-order valence-electron chi connectivity index (χ3n) is 4.04. The summed E-state index contributed by atoms with van der Waals surface area (Å²) in [5.74, 6) is 0.735. The highest BCUT2D eigenvalue weighted by atomic mass is 32.2. The van der Waals surface area contributed by atoms with Gasteiger partial charge in [0.05, 0.1) is 23.6 Å². The van der Waals surface area contributed by atoms with Crippen molar-refractivity contribution in [3.05, 3.63) is 76.6 Å². The van der Waals surface area contributed by atoms with Gasteiger partial charge in [0.1, 0.15) is 0 Å². The second-order valence-corrected chi connectivity index (χ2v) is 7.00. The van der Waals surface area contributed by atoms with Crippen molar-refractivity contribution in [2.45, 2.75) is 18.1 Å². The van der Waals surface area contributed by atoms with Gasteiger partial charge < -0.3 is 4.74 Å². The second-order valence-electron chi connectivity index (χ2n) is 6.02. The van der Waals surface area contributed by atoms with Crippen LogP contribution in [-0.4, -0.2) is 29.0 Å². The normalized spacial score (nSPS) is 12.7.